The number of cyclic esters (lactones) is 1. The van der Waals surface area contributed by atoms with Crippen LogP contribution in [0.2, 0.25) is 0 Å². The molecule has 1 saturated heterocycles. The van der Waals surface area contributed by atoms with Gasteiger partial charge in [-0.05, 0) is 85.6 Å². The lowest BCUT2D eigenvalue weighted by atomic mass is 9.72. The highest BCUT2D eigenvalue weighted by Crippen LogP contribution is 2.46. The third-order valence-corrected chi connectivity index (χ3v) is 8.05. The third kappa shape index (κ3) is 5.98. The van der Waals surface area contributed by atoms with E-state index in [4.69, 9.17) is 9.47 Å². The molecule has 0 radical (unpaired) electrons. The van der Waals surface area contributed by atoms with Crippen molar-refractivity contribution in [3.8, 4) is 5.75 Å². The summed E-state index contributed by atoms with van der Waals surface area (Å²) in [7, 11) is 3.31. The number of anilines is 1. The van der Waals surface area contributed by atoms with Gasteiger partial charge in [0, 0.05) is 31.8 Å². The Balaban J connectivity index is 1.73. The average molecular weight is 559 g/mol. The van der Waals surface area contributed by atoms with Crippen LogP contribution < -0.4 is 9.64 Å². The van der Waals surface area contributed by atoms with Gasteiger partial charge < -0.3 is 14.4 Å². The molecule has 0 spiro atoms. The Morgan fingerprint density at radius 2 is 1.90 bits per heavy atom. The quantitative estimate of drug-likeness (QED) is 0.367. The lowest BCUT2D eigenvalue weighted by Crippen LogP contribution is -2.35. The van der Waals surface area contributed by atoms with Crippen LogP contribution in [0, 0.1) is 12.3 Å². The van der Waals surface area contributed by atoms with Crippen LogP contribution in [0.5, 0.6) is 5.75 Å². The summed E-state index contributed by atoms with van der Waals surface area (Å²) in [5, 5.41) is 0. The Bertz CT molecular complexity index is 1350. The number of aryl methyl sites for hydroxylation is 1. The monoisotopic (exact) mass is 558 g/mol. The van der Waals surface area contributed by atoms with Crippen molar-refractivity contribution >= 4 is 23.3 Å². The number of carbonyl (C=O) groups excluding carboxylic acids is 2. The number of methoxy groups -OCH3 is 1. The van der Waals surface area contributed by atoms with Gasteiger partial charge in [-0.25, -0.2) is 4.79 Å². The fourth-order valence-electron chi connectivity index (χ4n) is 5.72. The summed E-state index contributed by atoms with van der Waals surface area (Å²) < 4.78 is 51.9. The first-order valence-electron chi connectivity index (χ1n) is 13.4. The number of halogens is 3. The summed E-state index contributed by atoms with van der Waals surface area (Å²) >= 11 is 0. The first kappa shape index (κ1) is 29.5. The average Bonchev–Trinajstić information content (AvgIpc) is 3.15. The van der Waals surface area contributed by atoms with Crippen molar-refractivity contribution in [2.45, 2.75) is 72.2 Å². The minimum Gasteiger partial charge on any atom is -0.496 e. The molecule has 9 heteroatoms. The zero-order chi connectivity index (χ0) is 29.6. The molecule has 2 atom stereocenters. The Hall–Kier alpha value is -3.49. The number of amides is 2. The van der Waals surface area contributed by atoms with Crippen molar-refractivity contribution in [2.75, 3.05) is 25.6 Å². The van der Waals surface area contributed by atoms with Gasteiger partial charge in [0.25, 0.3) is 0 Å². The second-order valence-corrected chi connectivity index (χ2v) is 11.7. The largest absolute Gasteiger partial charge is 0.496 e. The molecule has 40 heavy (non-hydrogen) atoms. The van der Waals surface area contributed by atoms with Gasteiger partial charge in [0.05, 0.1) is 18.7 Å². The van der Waals surface area contributed by atoms with E-state index < -0.39 is 30.0 Å². The second kappa shape index (κ2) is 10.8. The summed E-state index contributed by atoms with van der Waals surface area (Å²) in [5.41, 5.74) is 3.70. The predicted octanol–water partition coefficient (Wildman–Crippen LogP) is 7.55. The number of benzene rings is 2. The molecule has 1 fully saturated rings. The number of hydrogen-bond donors (Lipinski definition) is 0. The molecule has 1 aliphatic heterocycles. The van der Waals surface area contributed by atoms with E-state index in [2.05, 4.69) is 13.8 Å². The van der Waals surface area contributed by atoms with E-state index in [1.54, 1.807) is 36.9 Å². The molecule has 1 heterocycles. The maximum Gasteiger partial charge on any atom is 0.416 e. The van der Waals surface area contributed by atoms with Crippen LogP contribution in [0.1, 0.15) is 75.3 Å². The number of nitrogens with zero attached hydrogens (tertiary/aromatic N) is 2. The highest BCUT2D eigenvalue weighted by Gasteiger charge is 2.42. The van der Waals surface area contributed by atoms with Gasteiger partial charge in [0.1, 0.15) is 11.9 Å². The molecule has 2 aliphatic rings. The van der Waals surface area contributed by atoms with E-state index in [9.17, 15) is 22.8 Å². The molecule has 2 amide bonds. The van der Waals surface area contributed by atoms with Crippen LogP contribution in [0.3, 0.4) is 0 Å². The van der Waals surface area contributed by atoms with Crippen molar-refractivity contribution in [2.24, 2.45) is 5.41 Å². The van der Waals surface area contributed by atoms with Gasteiger partial charge >= 0.3 is 12.3 Å². The van der Waals surface area contributed by atoms with E-state index in [1.165, 1.54) is 6.92 Å². The molecule has 1 aliphatic carbocycles. The zero-order valence-electron chi connectivity index (χ0n) is 24.1. The van der Waals surface area contributed by atoms with E-state index in [-0.39, 0.29) is 17.9 Å². The van der Waals surface area contributed by atoms with Gasteiger partial charge in [-0.1, -0.05) is 25.5 Å². The Morgan fingerprint density at radius 1 is 1.20 bits per heavy atom. The molecular formula is C31H37F3N2O4. The number of alkyl halides is 3. The molecule has 6 nitrogen and oxygen atoms in total. The maximum absolute atomic E-state index is 13.5. The molecule has 0 N–H and O–H groups in total. The smallest absolute Gasteiger partial charge is 0.416 e. The normalized spacial score (nSPS) is 20.9. The molecule has 0 bridgehead atoms. The van der Waals surface area contributed by atoms with Gasteiger partial charge in [0.2, 0.25) is 5.91 Å². The number of allylic oxidation sites excluding steroid dienone is 1. The van der Waals surface area contributed by atoms with Gasteiger partial charge in [0.15, 0.2) is 0 Å². The maximum atomic E-state index is 13.5. The van der Waals surface area contributed by atoms with Crippen LogP contribution in [-0.2, 0) is 15.7 Å². The molecule has 4 rings (SSSR count). The SMILES string of the molecule is COc1ccc(N(C)C(C)=O)cc1C1=C(CN2C(=O)OC(c3cc(C)cc(C(F)(F)F)c3)C2C)CC(C)(C)CC1. The molecule has 0 aromatic heterocycles. The number of ether oxygens (including phenoxy) is 2. The van der Waals surface area contributed by atoms with E-state index in [0.29, 0.717) is 16.9 Å². The Kier molecular flexibility index (Phi) is 7.98. The first-order chi connectivity index (χ1) is 18.6. The van der Waals surface area contributed by atoms with Crippen molar-refractivity contribution in [1.29, 1.82) is 0 Å². The minimum absolute atomic E-state index is 0.00965. The Labute approximate surface area is 233 Å². The van der Waals surface area contributed by atoms with E-state index in [0.717, 1.165) is 53.8 Å². The van der Waals surface area contributed by atoms with Crippen LogP contribution in [0.25, 0.3) is 5.57 Å². The molecular weight excluding hydrogens is 521 g/mol. The lowest BCUT2D eigenvalue weighted by molar-refractivity contribution is -0.137. The molecule has 2 aromatic carbocycles. The third-order valence-electron chi connectivity index (χ3n) is 8.05. The molecule has 2 aromatic rings. The fourth-order valence-corrected chi connectivity index (χ4v) is 5.72. The van der Waals surface area contributed by atoms with Gasteiger partial charge in [-0.15, -0.1) is 0 Å². The molecule has 2 unspecified atom stereocenters. The van der Waals surface area contributed by atoms with Crippen LogP contribution in [0.15, 0.2) is 42.0 Å². The first-order valence-corrected chi connectivity index (χ1v) is 13.4. The zero-order valence-corrected chi connectivity index (χ0v) is 24.1. The number of rotatable bonds is 6. The molecule has 0 saturated carbocycles. The lowest BCUT2D eigenvalue weighted by Gasteiger charge is -2.36. The number of hydrogen-bond acceptors (Lipinski definition) is 4. The topological polar surface area (TPSA) is 59.1 Å². The Morgan fingerprint density at radius 3 is 2.52 bits per heavy atom. The summed E-state index contributed by atoms with van der Waals surface area (Å²) in [6.45, 7) is 9.55. The van der Waals surface area contributed by atoms with Crippen molar-refractivity contribution in [1.82, 2.24) is 4.90 Å². The molecule has 216 valence electrons. The van der Waals surface area contributed by atoms with E-state index >= 15 is 0 Å². The van der Waals surface area contributed by atoms with E-state index in [1.807, 2.05) is 25.1 Å². The highest BCUT2D eigenvalue weighted by atomic mass is 19.4. The highest BCUT2D eigenvalue weighted by molar-refractivity contribution is 5.92. The minimum atomic E-state index is -4.50. The second-order valence-electron chi connectivity index (χ2n) is 11.7. The van der Waals surface area contributed by atoms with Gasteiger partial charge in [-0.2, -0.15) is 13.2 Å². The summed E-state index contributed by atoms with van der Waals surface area (Å²) in [6, 6.07) is 8.94. The standard InChI is InChI=1S/C31H37F3N2O4/c1-18-12-21(14-23(13-18)31(32,33)34)28-19(2)36(29(38)40-28)17-22-16-30(4,5)11-10-25(22)26-15-24(35(6)20(3)37)8-9-27(26)39-7/h8-9,12-15,19,28H,10-11,16-17H2,1-7H3. The summed E-state index contributed by atoms with van der Waals surface area (Å²) in [4.78, 5) is 28.4. The van der Waals surface area contributed by atoms with Crippen LogP contribution >= 0.6 is 0 Å². The summed E-state index contributed by atoms with van der Waals surface area (Å²) in [6.07, 6.45) is -3.48. The van der Waals surface area contributed by atoms with Gasteiger partial charge in [-0.3, -0.25) is 9.69 Å². The van der Waals surface area contributed by atoms with Crippen LogP contribution in [-0.4, -0.2) is 43.6 Å². The van der Waals surface area contributed by atoms with Crippen molar-refractivity contribution in [3.63, 3.8) is 0 Å². The van der Waals surface area contributed by atoms with Crippen LogP contribution in [0.4, 0.5) is 23.7 Å². The van der Waals surface area contributed by atoms with Crippen molar-refractivity contribution < 1.29 is 32.2 Å². The number of carbonyl (C=O) groups is 2. The fraction of sp³-hybridized carbons (Fsp3) is 0.484. The van der Waals surface area contributed by atoms with Crippen molar-refractivity contribution in [3.05, 3.63) is 64.2 Å². The predicted molar refractivity (Wildman–Crippen MR) is 148 cm³/mol. The summed E-state index contributed by atoms with van der Waals surface area (Å²) in [5.74, 6) is 0.571.